The highest BCUT2D eigenvalue weighted by atomic mass is 35.5. The molecule has 22 heavy (non-hydrogen) atoms. The molecule has 2 unspecified atom stereocenters. The maximum absolute atomic E-state index is 12.9. The van der Waals surface area contributed by atoms with E-state index in [1.54, 1.807) is 18.2 Å². The van der Waals surface area contributed by atoms with Gasteiger partial charge in [0.2, 0.25) is 0 Å². The Labute approximate surface area is 145 Å². The number of halogens is 3. The summed E-state index contributed by atoms with van der Waals surface area (Å²) < 4.78 is 5.64. The van der Waals surface area contributed by atoms with E-state index in [0.717, 1.165) is 32.1 Å². The fourth-order valence-corrected chi connectivity index (χ4v) is 6.16. The van der Waals surface area contributed by atoms with Crippen molar-refractivity contribution in [2.75, 3.05) is 0 Å². The maximum Gasteiger partial charge on any atom is 0.317 e. The minimum absolute atomic E-state index is 0.184. The minimum atomic E-state index is -0.433. The van der Waals surface area contributed by atoms with Crippen molar-refractivity contribution in [2.45, 2.75) is 43.4 Å². The fourth-order valence-electron chi connectivity index (χ4n) is 5.15. The van der Waals surface area contributed by atoms with Crippen molar-refractivity contribution in [2.24, 2.45) is 17.3 Å². The molecule has 5 rings (SSSR count). The van der Waals surface area contributed by atoms with Crippen molar-refractivity contribution in [1.82, 2.24) is 0 Å². The zero-order chi connectivity index (χ0) is 15.5. The number of alkyl halides is 1. The van der Waals surface area contributed by atoms with Crippen LogP contribution in [0, 0.1) is 17.3 Å². The fraction of sp³-hybridized carbons (Fsp3) is 0.588. The topological polar surface area (TPSA) is 26.3 Å². The molecule has 0 aliphatic heterocycles. The number of carbonyl (C=O) groups is 1. The second-order valence-electron chi connectivity index (χ2n) is 7.36. The first-order chi connectivity index (χ1) is 10.4. The lowest BCUT2D eigenvalue weighted by atomic mass is 9.49. The number of hydrogen-bond donors (Lipinski definition) is 0. The van der Waals surface area contributed by atoms with E-state index in [1.165, 1.54) is 6.42 Å². The summed E-state index contributed by atoms with van der Waals surface area (Å²) in [7, 11) is 0. The number of carbonyl (C=O) groups excluding carboxylic acids is 1. The molecule has 0 spiro atoms. The van der Waals surface area contributed by atoms with Gasteiger partial charge in [-0.25, -0.2) is 0 Å². The van der Waals surface area contributed by atoms with Crippen molar-refractivity contribution in [3.8, 4) is 5.75 Å². The number of hydrogen-bond acceptors (Lipinski definition) is 2. The van der Waals surface area contributed by atoms with Gasteiger partial charge in [0.25, 0.3) is 0 Å². The lowest BCUT2D eigenvalue weighted by Gasteiger charge is -2.58. The maximum atomic E-state index is 12.9. The summed E-state index contributed by atoms with van der Waals surface area (Å²) in [5.74, 6) is 1.27. The van der Waals surface area contributed by atoms with Crippen LogP contribution in [0.25, 0.3) is 0 Å². The van der Waals surface area contributed by atoms with E-state index in [2.05, 4.69) is 0 Å². The molecule has 5 heteroatoms. The third-order valence-corrected chi connectivity index (χ3v) is 6.51. The minimum Gasteiger partial charge on any atom is -0.424 e. The average Bonchev–Trinajstić information content (AvgIpc) is 2.40. The Morgan fingerprint density at radius 1 is 1.14 bits per heavy atom. The smallest absolute Gasteiger partial charge is 0.317 e. The molecule has 118 valence electrons. The summed E-state index contributed by atoms with van der Waals surface area (Å²) in [6.07, 6.45) is 5.81. The molecule has 4 aliphatic carbocycles. The largest absolute Gasteiger partial charge is 0.424 e. The zero-order valence-corrected chi connectivity index (χ0v) is 14.3. The van der Waals surface area contributed by atoms with Gasteiger partial charge in [0, 0.05) is 16.0 Å². The molecular formula is C17H17Cl3O2. The van der Waals surface area contributed by atoms with Crippen molar-refractivity contribution in [1.29, 1.82) is 0 Å². The third-order valence-electron chi connectivity index (χ3n) is 5.52. The Hall–Kier alpha value is -0.440. The summed E-state index contributed by atoms with van der Waals surface area (Å²) in [5, 5.41) is 0.912. The zero-order valence-electron chi connectivity index (χ0n) is 12.1. The summed E-state index contributed by atoms with van der Waals surface area (Å²) >= 11 is 18.9. The molecule has 0 N–H and O–H groups in total. The predicted octanol–water partition coefficient (Wildman–Crippen LogP) is 5.48. The summed E-state index contributed by atoms with van der Waals surface area (Å²) in [5.41, 5.74) is -0.433. The van der Waals surface area contributed by atoms with Crippen LogP contribution >= 0.6 is 34.8 Å². The summed E-state index contributed by atoms with van der Waals surface area (Å²) in [6.45, 7) is 0. The molecule has 2 nitrogen and oxygen atoms in total. The first-order valence-corrected chi connectivity index (χ1v) is 8.87. The molecule has 1 aromatic rings. The van der Waals surface area contributed by atoms with Crippen LogP contribution in [0.3, 0.4) is 0 Å². The first-order valence-electron chi connectivity index (χ1n) is 7.74. The molecule has 0 radical (unpaired) electrons. The van der Waals surface area contributed by atoms with Gasteiger partial charge in [-0.1, -0.05) is 23.2 Å². The van der Waals surface area contributed by atoms with Gasteiger partial charge < -0.3 is 4.74 Å². The van der Waals surface area contributed by atoms with Gasteiger partial charge in [-0.05, 0) is 62.5 Å². The molecule has 0 saturated heterocycles. The van der Waals surface area contributed by atoms with Gasteiger partial charge >= 0.3 is 5.97 Å². The lowest BCUT2D eigenvalue weighted by Crippen LogP contribution is -2.56. The Morgan fingerprint density at radius 3 is 2.45 bits per heavy atom. The van der Waals surface area contributed by atoms with Crippen LogP contribution in [0.15, 0.2) is 18.2 Å². The van der Waals surface area contributed by atoms with E-state index < -0.39 is 5.41 Å². The van der Waals surface area contributed by atoms with E-state index >= 15 is 0 Å². The molecule has 0 amide bonds. The van der Waals surface area contributed by atoms with Crippen LogP contribution < -0.4 is 4.74 Å². The highest BCUT2D eigenvalue weighted by Gasteiger charge is 2.60. The SMILES string of the molecule is O=C(Oc1cc(Cl)ccc1Cl)C12C[C@@H]3C[C@@H](CC(Cl)(C3)C1)C2. The molecule has 4 saturated carbocycles. The second kappa shape index (κ2) is 5.03. The van der Waals surface area contributed by atoms with E-state index in [4.69, 9.17) is 39.5 Å². The highest BCUT2D eigenvalue weighted by molar-refractivity contribution is 6.34. The number of ether oxygens (including phenoxy) is 1. The molecule has 4 bridgehead atoms. The monoisotopic (exact) mass is 358 g/mol. The van der Waals surface area contributed by atoms with Gasteiger partial charge in [-0.2, -0.15) is 0 Å². The Balaban J connectivity index is 1.61. The van der Waals surface area contributed by atoms with E-state index in [0.29, 0.717) is 27.6 Å². The van der Waals surface area contributed by atoms with Crippen LogP contribution in [0.5, 0.6) is 5.75 Å². The number of benzene rings is 1. The summed E-state index contributed by atoms with van der Waals surface area (Å²) in [6, 6.07) is 4.92. The van der Waals surface area contributed by atoms with Gasteiger partial charge in [0.1, 0.15) is 0 Å². The molecule has 0 heterocycles. The Bertz CT molecular complexity index is 629. The standard InChI is InChI=1S/C17H17Cl3O2/c18-12-1-2-13(19)14(4-12)22-15(21)16-5-10-3-11(6-16)8-17(20,7-10)9-16/h1-2,4,10-11H,3,5-9H2/t10-,11+,16?,17?. The van der Waals surface area contributed by atoms with Gasteiger partial charge in [0.15, 0.2) is 5.75 Å². The molecule has 4 fully saturated rings. The molecule has 0 aromatic heterocycles. The van der Waals surface area contributed by atoms with Crippen molar-refractivity contribution in [3.63, 3.8) is 0 Å². The van der Waals surface area contributed by atoms with Crippen LogP contribution in [-0.2, 0) is 4.79 Å². The van der Waals surface area contributed by atoms with Gasteiger partial charge in [-0.3, -0.25) is 4.79 Å². The van der Waals surface area contributed by atoms with Crippen molar-refractivity contribution < 1.29 is 9.53 Å². The molecule has 4 atom stereocenters. The van der Waals surface area contributed by atoms with Crippen LogP contribution in [-0.4, -0.2) is 10.8 Å². The van der Waals surface area contributed by atoms with E-state index in [9.17, 15) is 4.79 Å². The third kappa shape index (κ3) is 2.44. The van der Waals surface area contributed by atoms with Crippen LogP contribution in [0.2, 0.25) is 10.0 Å². The van der Waals surface area contributed by atoms with Crippen molar-refractivity contribution in [3.05, 3.63) is 28.2 Å². The normalized spacial score (nSPS) is 39.0. The van der Waals surface area contributed by atoms with Crippen LogP contribution in [0.4, 0.5) is 0 Å². The lowest BCUT2D eigenvalue weighted by molar-refractivity contribution is -0.159. The van der Waals surface area contributed by atoms with Crippen molar-refractivity contribution >= 4 is 40.8 Å². The quantitative estimate of drug-likeness (QED) is 0.397. The summed E-state index contributed by atoms with van der Waals surface area (Å²) in [4.78, 5) is 12.7. The second-order valence-corrected chi connectivity index (χ2v) is 9.00. The first kappa shape index (κ1) is 15.1. The van der Waals surface area contributed by atoms with Gasteiger partial charge in [0.05, 0.1) is 10.4 Å². The Kier molecular flexibility index (Phi) is 3.45. The number of rotatable bonds is 2. The highest BCUT2D eigenvalue weighted by Crippen LogP contribution is 2.64. The van der Waals surface area contributed by atoms with E-state index in [1.807, 2.05) is 0 Å². The Morgan fingerprint density at radius 2 is 1.82 bits per heavy atom. The van der Waals surface area contributed by atoms with Crippen LogP contribution in [0.1, 0.15) is 38.5 Å². The number of esters is 1. The van der Waals surface area contributed by atoms with E-state index in [-0.39, 0.29) is 10.8 Å². The molecule has 4 aliphatic rings. The predicted molar refractivity (Wildman–Crippen MR) is 87.8 cm³/mol. The molecular weight excluding hydrogens is 343 g/mol. The molecule has 1 aromatic carbocycles. The van der Waals surface area contributed by atoms with Gasteiger partial charge in [-0.15, -0.1) is 11.6 Å². The average molecular weight is 360 g/mol.